The predicted molar refractivity (Wildman–Crippen MR) is 62.3 cm³/mol. The molecule has 15 heavy (non-hydrogen) atoms. The Balaban J connectivity index is 2.02. The van der Waals surface area contributed by atoms with Gasteiger partial charge in [0.25, 0.3) is 0 Å². The Labute approximate surface area is 99.6 Å². The van der Waals surface area contributed by atoms with E-state index in [0.717, 1.165) is 25.9 Å². The van der Waals surface area contributed by atoms with E-state index in [4.69, 9.17) is 0 Å². The summed E-state index contributed by atoms with van der Waals surface area (Å²) in [4.78, 5) is 1.57. The molecule has 1 saturated carbocycles. The molecule has 88 valence electrons. The molecule has 4 heteroatoms. The lowest BCUT2D eigenvalue weighted by atomic mass is 9.87. The standard InChI is InChI=1S/C11H20BrNO2/c12-8-4-5-9(14)10(11(8)15)13-6-2-1-3-7-13/h8-11,14-15H,1-7H2/p+1/t8-,9+,10-,11+/m0/s1. The van der Waals surface area contributed by atoms with Gasteiger partial charge in [-0.1, -0.05) is 15.9 Å². The molecule has 0 radical (unpaired) electrons. The Morgan fingerprint density at radius 3 is 2.33 bits per heavy atom. The SMILES string of the molecule is O[C@H]1[C@@H]([NH+]2CCCCC2)[C@H](O)CC[C@@H]1Br. The maximum atomic E-state index is 10.1. The van der Waals surface area contributed by atoms with Crippen LogP contribution in [0, 0.1) is 0 Å². The lowest BCUT2D eigenvalue weighted by molar-refractivity contribution is -0.937. The second-order valence-corrected chi connectivity index (χ2v) is 6.07. The fourth-order valence-corrected chi connectivity index (χ4v) is 3.58. The molecule has 2 aliphatic rings. The smallest absolute Gasteiger partial charge is 0.141 e. The van der Waals surface area contributed by atoms with Gasteiger partial charge in [-0.3, -0.25) is 0 Å². The van der Waals surface area contributed by atoms with Gasteiger partial charge >= 0.3 is 0 Å². The summed E-state index contributed by atoms with van der Waals surface area (Å²) in [5, 5.41) is 20.1. The molecule has 1 heterocycles. The zero-order valence-corrected chi connectivity index (χ0v) is 10.6. The van der Waals surface area contributed by atoms with Crippen LogP contribution in [-0.2, 0) is 0 Å². The molecular formula is C11H21BrNO2+. The van der Waals surface area contributed by atoms with Crippen LogP contribution in [0.25, 0.3) is 0 Å². The molecule has 0 aromatic heterocycles. The number of nitrogens with one attached hydrogen (secondary N) is 1. The minimum Gasteiger partial charge on any atom is -0.387 e. The molecule has 2 rings (SSSR count). The number of hydrogen-bond donors (Lipinski definition) is 3. The highest BCUT2D eigenvalue weighted by Gasteiger charge is 2.43. The van der Waals surface area contributed by atoms with Crippen LogP contribution in [0.2, 0.25) is 0 Å². The number of likely N-dealkylation sites (tertiary alicyclic amines) is 1. The maximum Gasteiger partial charge on any atom is 0.141 e. The first-order valence-electron chi connectivity index (χ1n) is 6.05. The number of rotatable bonds is 1. The van der Waals surface area contributed by atoms with Gasteiger partial charge in [-0.05, 0) is 32.1 Å². The van der Waals surface area contributed by atoms with Gasteiger partial charge in [-0.2, -0.15) is 0 Å². The van der Waals surface area contributed by atoms with Crippen LogP contribution in [0.4, 0.5) is 0 Å². The Morgan fingerprint density at radius 2 is 1.67 bits per heavy atom. The molecule has 0 aromatic rings. The minimum atomic E-state index is -0.387. The van der Waals surface area contributed by atoms with E-state index in [1.165, 1.54) is 24.2 Å². The van der Waals surface area contributed by atoms with E-state index in [-0.39, 0.29) is 23.1 Å². The van der Waals surface area contributed by atoms with Gasteiger partial charge in [0.15, 0.2) is 0 Å². The lowest BCUT2D eigenvalue weighted by Crippen LogP contribution is -3.19. The molecule has 0 aromatic carbocycles. The molecule has 0 bridgehead atoms. The van der Waals surface area contributed by atoms with Crippen molar-refractivity contribution in [1.82, 2.24) is 0 Å². The molecule has 0 amide bonds. The quantitative estimate of drug-likeness (QED) is 0.577. The molecule has 3 nitrogen and oxygen atoms in total. The number of alkyl halides is 1. The number of piperidine rings is 1. The monoisotopic (exact) mass is 278 g/mol. The van der Waals surface area contributed by atoms with Gasteiger partial charge in [0, 0.05) is 4.83 Å². The molecule has 1 aliphatic heterocycles. The van der Waals surface area contributed by atoms with Crippen LogP contribution in [0.5, 0.6) is 0 Å². The number of hydrogen-bond acceptors (Lipinski definition) is 2. The van der Waals surface area contributed by atoms with Gasteiger partial charge in [0.2, 0.25) is 0 Å². The lowest BCUT2D eigenvalue weighted by Gasteiger charge is -2.41. The van der Waals surface area contributed by atoms with Gasteiger partial charge in [-0.15, -0.1) is 0 Å². The summed E-state index contributed by atoms with van der Waals surface area (Å²) in [7, 11) is 0. The summed E-state index contributed by atoms with van der Waals surface area (Å²) in [5.41, 5.74) is 0. The third kappa shape index (κ3) is 2.54. The van der Waals surface area contributed by atoms with E-state index in [1.54, 1.807) is 0 Å². The average Bonchev–Trinajstić information content (AvgIpc) is 2.26. The Kier molecular flexibility index (Phi) is 4.04. The summed E-state index contributed by atoms with van der Waals surface area (Å²) in [6.45, 7) is 2.22. The predicted octanol–water partition coefficient (Wildman–Crippen LogP) is -0.297. The fourth-order valence-electron chi connectivity index (χ4n) is 2.99. The van der Waals surface area contributed by atoms with E-state index >= 15 is 0 Å². The third-order valence-corrected chi connectivity index (χ3v) is 4.86. The van der Waals surface area contributed by atoms with E-state index in [0.29, 0.717) is 0 Å². The third-order valence-electron chi connectivity index (χ3n) is 3.86. The zero-order chi connectivity index (χ0) is 10.8. The molecule has 1 aliphatic carbocycles. The average molecular weight is 279 g/mol. The fraction of sp³-hybridized carbons (Fsp3) is 1.00. The number of halogens is 1. The van der Waals surface area contributed by atoms with Crippen LogP contribution >= 0.6 is 15.9 Å². The highest BCUT2D eigenvalue weighted by atomic mass is 79.9. The highest BCUT2D eigenvalue weighted by molar-refractivity contribution is 9.09. The van der Waals surface area contributed by atoms with Crippen molar-refractivity contribution in [3.8, 4) is 0 Å². The Hall–Kier alpha value is 0.360. The van der Waals surface area contributed by atoms with Gasteiger partial charge in [0.1, 0.15) is 18.2 Å². The summed E-state index contributed by atoms with van der Waals surface area (Å²) >= 11 is 3.51. The van der Waals surface area contributed by atoms with Gasteiger partial charge in [0.05, 0.1) is 13.1 Å². The summed E-state index contributed by atoms with van der Waals surface area (Å²) < 4.78 is 0. The first-order chi connectivity index (χ1) is 7.20. The molecule has 4 atom stereocenters. The summed E-state index contributed by atoms with van der Waals surface area (Å²) in [6, 6.07) is 0.0309. The first-order valence-corrected chi connectivity index (χ1v) is 6.96. The van der Waals surface area contributed by atoms with Crippen molar-refractivity contribution >= 4 is 15.9 Å². The van der Waals surface area contributed by atoms with Crippen LogP contribution in [0.1, 0.15) is 32.1 Å². The molecule has 0 spiro atoms. The van der Waals surface area contributed by atoms with Crippen LogP contribution in [0.3, 0.4) is 0 Å². The summed E-state index contributed by atoms with van der Waals surface area (Å²) in [5.74, 6) is 0. The second-order valence-electron chi connectivity index (χ2n) is 4.90. The maximum absolute atomic E-state index is 10.1. The number of aliphatic hydroxyl groups is 2. The van der Waals surface area contributed by atoms with Crippen molar-refractivity contribution in [3.05, 3.63) is 0 Å². The Morgan fingerprint density at radius 1 is 1.00 bits per heavy atom. The first kappa shape index (κ1) is 11.8. The second kappa shape index (κ2) is 5.13. The van der Waals surface area contributed by atoms with Gasteiger partial charge < -0.3 is 15.1 Å². The van der Waals surface area contributed by atoms with Crippen molar-refractivity contribution < 1.29 is 15.1 Å². The topological polar surface area (TPSA) is 44.9 Å². The number of quaternary nitrogens is 1. The van der Waals surface area contributed by atoms with Crippen molar-refractivity contribution in [1.29, 1.82) is 0 Å². The van der Waals surface area contributed by atoms with Crippen LogP contribution in [-0.4, -0.2) is 46.4 Å². The van der Waals surface area contributed by atoms with Crippen molar-refractivity contribution in [2.24, 2.45) is 0 Å². The van der Waals surface area contributed by atoms with E-state index in [1.807, 2.05) is 0 Å². The molecule has 1 saturated heterocycles. The van der Waals surface area contributed by atoms with Crippen molar-refractivity contribution in [2.45, 2.75) is 55.2 Å². The zero-order valence-electron chi connectivity index (χ0n) is 9.03. The van der Waals surface area contributed by atoms with Gasteiger partial charge in [-0.25, -0.2) is 0 Å². The highest BCUT2D eigenvalue weighted by Crippen LogP contribution is 2.24. The van der Waals surface area contributed by atoms with E-state index in [2.05, 4.69) is 15.9 Å². The minimum absolute atomic E-state index is 0.0309. The Bertz CT molecular complexity index is 209. The molecule has 3 N–H and O–H groups in total. The molecule has 2 fully saturated rings. The van der Waals surface area contributed by atoms with Crippen LogP contribution < -0.4 is 4.90 Å². The molecular weight excluding hydrogens is 258 g/mol. The largest absolute Gasteiger partial charge is 0.387 e. The van der Waals surface area contributed by atoms with Crippen molar-refractivity contribution in [3.63, 3.8) is 0 Å². The van der Waals surface area contributed by atoms with E-state index < -0.39 is 0 Å². The molecule has 0 unspecified atom stereocenters. The summed E-state index contributed by atoms with van der Waals surface area (Å²) in [6.07, 6.45) is 4.77. The van der Waals surface area contributed by atoms with E-state index in [9.17, 15) is 10.2 Å². The normalized spacial score (nSPS) is 44.2. The van der Waals surface area contributed by atoms with Crippen LogP contribution in [0.15, 0.2) is 0 Å². The number of aliphatic hydroxyl groups excluding tert-OH is 2. The van der Waals surface area contributed by atoms with Crippen molar-refractivity contribution in [2.75, 3.05) is 13.1 Å².